The number of aryl methyl sites for hydroxylation is 1. The zero-order chi connectivity index (χ0) is 22.3. The van der Waals surface area contributed by atoms with Gasteiger partial charge in [-0.1, -0.05) is 24.6 Å². The largest absolute Gasteiger partial charge is 0.492 e. The second-order valence-electron chi connectivity index (χ2n) is 6.91. The highest BCUT2D eigenvalue weighted by Crippen LogP contribution is 2.35. The molecule has 0 spiro atoms. The molecule has 1 aliphatic rings. The minimum absolute atomic E-state index is 0.0329. The van der Waals surface area contributed by atoms with Crippen molar-refractivity contribution in [3.05, 3.63) is 47.0 Å². The number of benzene rings is 2. The number of anilines is 2. The lowest BCUT2D eigenvalue weighted by Gasteiger charge is -2.19. The van der Waals surface area contributed by atoms with Crippen molar-refractivity contribution in [2.75, 3.05) is 21.4 Å². The molecule has 0 saturated carbocycles. The maximum absolute atomic E-state index is 13.1. The molecule has 3 rings (SSSR count). The molecular formula is C19H21ClN2O6S2. The van der Waals surface area contributed by atoms with Crippen LogP contribution in [-0.2, 0) is 24.8 Å². The first-order valence-corrected chi connectivity index (χ1v) is 12.6. The maximum atomic E-state index is 13.1. The molecule has 8 nitrogen and oxygen atoms in total. The Labute approximate surface area is 180 Å². The lowest BCUT2D eigenvalue weighted by Crippen LogP contribution is -2.30. The number of hydrogen-bond acceptors (Lipinski definition) is 6. The summed E-state index contributed by atoms with van der Waals surface area (Å²) in [6.45, 7) is 5.10. The summed E-state index contributed by atoms with van der Waals surface area (Å²) in [6.07, 6.45) is 0. The Morgan fingerprint density at radius 1 is 1.23 bits per heavy atom. The van der Waals surface area contributed by atoms with Gasteiger partial charge in [-0.2, -0.15) is 0 Å². The Balaban J connectivity index is 2.11. The van der Waals surface area contributed by atoms with Gasteiger partial charge in [-0.25, -0.2) is 21.1 Å². The third-order valence-electron chi connectivity index (χ3n) is 4.56. The second kappa shape index (κ2) is 8.09. The van der Waals surface area contributed by atoms with Crippen LogP contribution in [0.4, 0.5) is 11.4 Å². The Morgan fingerprint density at radius 3 is 2.53 bits per heavy atom. The van der Waals surface area contributed by atoms with Gasteiger partial charge in [0.1, 0.15) is 10.6 Å². The van der Waals surface area contributed by atoms with Crippen molar-refractivity contribution in [3.8, 4) is 5.75 Å². The molecule has 2 aromatic rings. The molecule has 1 amide bonds. The third-order valence-corrected chi connectivity index (χ3v) is 8.05. The monoisotopic (exact) mass is 472 g/mol. The van der Waals surface area contributed by atoms with Gasteiger partial charge < -0.3 is 4.74 Å². The molecule has 1 heterocycles. The first kappa shape index (κ1) is 22.4. The van der Waals surface area contributed by atoms with E-state index in [2.05, 4.69) is 4.72 Å². The molecule has 1 aliphatic heterocycles. The number of nitrogens with one attached hydrogen (secondary N) is 1. The van der Waals surface area contributed by atoms with Crippen molar-refractivity contribution in [1.29, 1.82) is 0 Å². The fraction of sp³-hybridized carbons (Fsp3) is 0.316. The summed E-state index contributed by atoms with van der Waals surface area (Å²) in [5, 5.41) is 0.347. The Kier molecular flexibility index (Phi) is 6.03. The topological polar surface area (TPSA) is 110 Å². The molecule has 11 heteroatoms. The van der Waals surface area contributed by atoms with Crippen LogP contribution in [0.5, 0.6) is 5.75 Å². The molecule has 1 N–H and O–H groups in total. The Bertz CT molecular complexity index is 1210. The summed E-state index contributed by atoms with van der Waals surface area (Å²) in [7, 11) is -8.08. The minimum Gasteiger partial charge on any atom is -0.492 e. The lowest BCUT2D eigenvalue weighted by atomic mass is 10.2. The third kappa shape index (κ3) is 4.26. The van der Waals surface area contributed by atoms with E-state index in [0.29, 0.717) is 14.9 Å². The van der Waals surface area contributed by atoms with E-state index in [-0.39, 0.29) is 34.4 Å². The van der Waals surface area contributed by atoms with Gasteiger partial charge in [-0.3, -0.25) is 9.52 Å². The highest BCUT2D eigenvalue weighted by Gasteiger charge is 2.42. The van der Waals surface area contributed by atoms with Crippen molar-refractivity contribution < 1.29 is 26.4 Å². The fourth-order valence-electron chi connectivity index (χ4n) is 3.10. The van der Waals surface area contributed by atoms with Crippen LogP contribution in [0.1, 0.15) is 19.4 Å². The standard InChI is InChI=1S/C19H21ClN2O6S2/c1-4-28-17-8-7-15(22-19(23)13(3)11-29(22,24)25)10-18(17)30(26,27)21-16-9-14(20)6-5-12(16)2/h5-10,13,21H,4,11H2,1-3H3. The number of nitrogens with zero attached hydrogens (tertiary/aromatic N) is 1. The molecule has 1 saturated heterocycles. The van der Waals surface area contributed by atoms with Crippen molar-refractivity contribution in [2.45, 2.75) is 25.7 Å². The predicted octanol–water partition coefficient (Wildman–Crippen LogP) is 3.16. The number of amides is 1. The highest BCUT2D eigenvalue weighted by atomic mass is 35.5. The van der Waals surface area contributed by atoms with E-state index in [1.54, 1.807) is 26.0 Å². The molecule has 1 unspecified atom stereocenters. The summed E-state index contributed by atoms with van der Waals surface area (Å²) >= 11 is 5.97. The molecule has 1 atom stereocenters. The first-order chi connectivity index (χ1) is 14.0. The van der Waals surface area contributed by atoms with Crippen LogP contribution in [0.25, 0.3) is 0 Å². The number of ether oxygens (including phenoxy) is 1. The Hall–Kier alpha value is -2.30. The molecule has 0 aromatic heterocycles. The van der Waals surface area contributed by atoms with Crippen molar-refractivity contribution in [3.63, 3.8) is 0 Å². The number of sulfonamides is 2. The van der Waals surface area contributed by atoms with Crippen LogP contribution in [0.15, 0.2) is 41.3 Å². The van der Waals surface area contributed by atoms with Crippen LogP contribution in [0, 0.1) is 12.8 Å². The molecule has 0 bridgehead atoms. The van der Waals surface area contributed by atoms with Crippen LogP contribution in [0.3, 0.4) is 0 Å². The van der Waals surface area contributed by atoms with Gasteiger partial charge >= 0.3 is 0 Å². The molecule has 162 valence electrons. The average Bonchev–Trinajstić information content (AvgIpc) is 2.85. The van der Waals surface area contributed by atoms with Crippen LogP contribution >= 0.6 is 11.6 Å². The first-order valence-electron chi connectivity index (χ1n) is 9.09. The predicted molar refractivity (Wildman–Crippen MR) is 115 cm³/mol. The Morgan fingerprint density at radius 2 is 1.93 bits per heavy atom. The van der Waals surface area contributed by atoms with E-state index in [1.807, 2.05) is 0 Å². The second-order valence-corrected chi connectivity index (χ2v) is 10.9. The smallest absolute Gasteiger partial charge is 0.265 e. The number of carbonyl (C=O) groups excluding carboxylic acids is 1. The molecule has 30 heavy (non-hydrogen) atoms. The minimum atomic E-state index is -4.19. The molecule has 2 aromatic carbocycles. The van der Waals surface area contributed by atoms with Crippen molar-refractivity contribution in [2.24, 2.45) is 5.92 Å². The van der Waals surface area contributed by atoms with Gasteiger partial charge in [0.05, 0.1) is 29.7 Å². The van der Waals surface area contributed by atoms with Gasteiger partial charge in [-0.15, -0.1) is 0 Å². The van der Waals surface area contributed by atoms with E-state index < -0.39 is 31.9 Å². The highest BCUT2D eigenvalue weighted by molar-refractivity contribution is 7.94. The number of halogens is 1. The van der Waals surface area contributed by atoms with E-state index in [1.165, 1.54) is 25.1 Å². The normalized spacial score (nSPS) is 18.5. The molecule has 0 aliphatic carbocycles. The van der Waals surface area contributed by atoms with E-state index in [4.69, 9.17) is 16.3 Å². The summed E-state index contributed by atoms with van der Waals surface area (Å²) in [6, 6.07) is 8.57. The van der Waals surface area contributed by atoms with Crippen LogP contribution < -0.4 is 13.8 Å². The van der Waals surface area contributed by atoms with Crippen LogP contribution in [-0.4, -0.2) is 35.1 Å². The van der Waals surface area contributed by atoms with Gasteiger partial charge in [0.2, 0.25) is 15.9 Å². The molecular weight excluding hydrogens is 452 g/mol. The van der Waals surface area contributed by atoms with Gasteiger partial charge in [0, 0.05) is 5.02 Å². The maximum Gasteiger partial charge on any atom is 0.265 e. The summed E-state index contributed by atoms with van der Waals surface area (Å²) in [5.74, 6) is -1.62. The summed E-state index contributed by atoms with van der Waals surface area (Å²) < 4.78 is 59.7. The van der Waals surface area contributed by atoms with Gasteiger partial charge in [-0.05, 0) is 49.7 Å². The number of carbonyl (C=O) groups is 1. The molecule has 1 fully saturated rings. The lowest BCUT2D eigenvalue weighted by molar-refractivity contribution is -0.119. The van der Waals surface area contributed by atoms with Gasteiger partial charge in [0.25, 0.3) is 10.0 Å². The van der Waals surface area contributed by atoms with Crippen molar-refractivity contribution >= 4 is 48.9 Å². The van der Waals surface area contributed by atoms with E-state index in [9.17, 15) is 21.6 Å². The van der Waals surface area contributed by atoms with Crippen LogP contribution in [0.2, 0.25) is 5.02 Å². The zero-order valence-electron chi connectivity index (χ0n) is 16.5. The molecule has 0 radical (unpaired) electrons. The SMILES string of the molecule is CCOc1ccc(N2C(=O)C(C)CS2(=O)=O)cc1S(=O)(=O)Nc1cc(Cl)ccc1C. The quantitative estimate of drug-likeness (QED) is 0.691. The van der Waals surface area contributed by atoms with E-state index in [0.717, 1.165) is 6.07 Å². The zero-order valence-corrected chi connectivity index (χ0v) is 18.9. The average molecular weight is 473 g/mol. The number of hydrogen-bond donors (Lipinski definition) is 1. The number of rotatable bonds is 6. The van der Waals surface area contributed by atoms with Crippen molar-refractivity contribution in [1.82, 2.24) is 0 Å². The summed E-state index contributed by atoms with van der Waals surface area (Å²) in [5.41, 5.74) is 0.855. The van der Waals surface area contributed by atoms with E-state index >= 15 is 0 Å². The summed E-state index contributed by atoms with van der Waals surface area (Å²) in [4.78, 5) is 12.1. The fourth-order valence-corrected chi connectivity index (χ4v) is 6.37. The van der Waals surface area contributed by atoms with Gasteiger partial charge in [0.15, 0.2) is 0 Å².